The van der Waals surface area contributed by atoms with E-state index in [1.807, 2.05) is 30.3 Å². The van der Waals surface area contributed by atoms with Crippen LogP contribution in [-0.2, 0) is 6.54 Å². The molecule has 1 saturated heterocycles. The summed E-state index contributed by atoms with van der Waals surface area (Å²) in [6.07, 6.45) is 1.54. The number of carbonyl (C=O) groups is 1. The second-order valence-electron chi connectivity index (χ2n) is 7.32. The molecular formula is C23H21Cl3N4O. The third-order valence-corrected chi connectivity index (χ3v) is 6.25. The first kappa shape index (κ1) is 21.9. The molecule has 5 nitrogen and oxygen atoms in total. The molecule has 1 N–H and O–H groups in total. The predicted molar refractivity (Wildman–Crippen MR) is 128 cm³/mol. The molecule has 0 radical (unpaired) electrons. The number of hydrogen-bond donors (Lipinski definition) is 1. The molecule has 0 bridgehead atoms. The largest absolute Gasteiger partial charge is 0.368 e. The van der Waals surface area contributed by atoms with Crippen LogP contribution in [0.1, 0.15) is 15.9 Å². The highest BCUT2D eigenvalue weighted by molar-refractivity contribution is 6.34. The molecule has 3 aromatic rings. The Morgan fingerprint density at radius 1 is 0.935 bits per heavy atom. The fourth-order valence-electron chi connectivity index (χ4n) is 3.61. The van der Waals surface area contributed by atoms with Gasteiger partial charge in [0.1, 0.15) is 5.15 Å². The predicted octanol–water partition coefficient (Wildman–Crippen LogP) is 5.62. The van der Waals surface area contributed by atoms with Gasteiger partial charge in [-0.25, -0.2) is 4.98 Å². The Balaban J connectivity index is 1.37. The number of halogens is 3. The van der Waals surface area contributed by atoms with Crippen molar-refractivity contribution in [3.05, 3.63) is 87.1 Å². The molecule has 0 aliphatic carbocycles. The van der Waals surface area contributed by atoms with E-state index in [2.05, 4.69) is 26.2 Å². The van der Waals surface area contributed by atoms with Crippen LogP contribution in [0.2, 0.25) is 15.2 Å². The molecule has 0 unspecified atom stereocenters. The molecule has 2 aromatic carbocycles. The summed E-state index contributed by atoms with van der Waals surface area (Å²) in [5, 5.41) is 4.38. The maximum atomic E-state index is 12.4. The average Bonchev–Trinajstić information content (AvgIpc) is 2.76. The number of nitrogens with zero attached hydrogens (tertiary/aromatic N) is 3. The van der Waals surface area contributed by atoms with Gasteiger partial charge in [-0.3, -0.25) is 9.69 Å². The minimum atomic E-state index is -0.324. The number of hydrogen-bond acceptors (Lipinski definition) is 4. The lowest BCUT2D eigenvalue weighted by Crippen LogP contribution is -2.46. The van der Waals surface area contributed by atoms with Crippen LogP contribution in [0.25, 0.3) is 0 Å². The number of aromatic nitrogens is 1. The summed E-state index contributed by atoms with van der Waals surface area (Å²) in [4.78, 5) is 21.0. The van der Waals surface area contributed by atoms with E-state index < -0.39 is 0 Å². The molecule has 2 heterocycles. The van der Waals surface area contributed by atoms with Gasteiger partial charge in [-0.15, -0.1) is 0 Å². The highest BCUT2D eigenvalue weighted by Crippen LogP contribution is 2.30. The van der Waals surface area contributed by atoms with Crippen LogP contribution in [0.15, 0.2) is 60.8 Å². The molecule has 160 valence electrons. The van der Waals surface area contributed by atoms with E-state index in [0.29, 0.717) is 16.3 Å². The fraction of sp³-hybridized carbons (Fsp3) is 0.217. The summed E-state index contributed by atoms with van der Waals surface area (Å²) < 4.78 is 0. The Bertz CT molecular complexity index is 1080. The van der Waals surface area contributed by atoms with Gasteiger partial charge in [0.2, 0.25) is 0 Å². The molecule has 1 aliphatic rings. The number of anilines is 2. The Hall–Kier alpha value is -2.31. The molecule has 1 amide bonds. The van der Waals surface area contributed by atoms with Crippen molar-refractivity contribution < 1.29 is 4.79 Å². The van der Waals surface area contributed by atoms with E-state index in [1.54, 1.807) is 24.4 Å². The van der Waals surface area contributed by atoms with Crippen molar-refractivity contribution in [2.75, 3.05) is 36.4 Å². The first-order chi connectivity index (χ1) is 15.0. The Kier molecular flexibility index (Phi) is 6.98. The SMILES string of the molecule is O=C(Nc1ccc(N2CCN(Cc3ccccc3Cl)CC2)c(Cl)c1)c1cccnc1Cl. The third-order valence-electron chi connectivity index (χ3n) is 5.27. The molecule has 31 heavy (non-hydrogen) atoms. The second-order valence-corrected chi connectivity index (χ2v) is 8.49. The average molecular weight is 476 g/mol. The molecule has 1 aromatic heterocycles. The van der Waals surface area contributed by atoms with Gasteiger partial charge in [-0.2, -0.15) is 0 Å². The van der Waals surface area contributed by atoms with Gasteiger partial charge in [0, 0.05) is 49.6 Å². The topological polar surface area (TPSA) is 48.5 Å². The number of piperazine rings is 1. The van der Waals surface area contributed by atoms with Crippen LogP contribution in [-0.4, -0.2) is 42.0 Å². The van der Waals surface area contributed by atoms with Gasteiger partial charge in [-0.05, 0) is 42.0 Å². The van der Waals surface area contributed by atoms with Crippen LogP contribution >= 0.6 is 34.8 Å². The summed E-state index contributed by atoms with van der Waals surface area (Å²) >= 11 is 18.8. The quantitative estimate of drug-likeness (QED) is 0.487. The highest BCUT2D eigenvalue weighted by Gasteiger charge is 2.20. The summed E-state index contributed by atoms with van der Waals surface area (Å²) in [5.41, 5.74) is 3.02. The van der Waals surface area contributed by atoms with E-state index >= 15 is 0 Å². The Morgan fingerprint density at radius 2 is 1.71 bits per heavy atom. The number of pyridine rings is 1. The summed E-state index contributed by atoms with van der Waals surface area (Å²) in [7, 11) is 0. The summed E-state index contributed by atoms with van der Waals surface area (Å²) in [6, 6.07) is 16.8. The lowest BCUT2D eigenvalue weighted by Gasteiger charge is -2.36. The monoisotopic (exact) mass is 474 g/mol. The number of carbonyl (C=O) groups excluding carboxylic acids is 1. The minimum Gasteiger partial charge on any atom is -0.368 e. The van der Waals surface area contributed by atoms with Crippen molar-refractivity contribution in [1.29, 1.82) is 0 Å². The maximum absolute atomic E-state index is 12.4. The van der Waals surface area contributed by atoms with Crippen LogP contribution in [0.4, 0.5) is 11.4 Å². The molecule has 4 rings (SSSR count). The smallest absolute Gasteiger partial charge is 0.258 e. The standard InChI is InChI=1S/C23H21Cl3N4O/c24-19-6-2-1-4-16(19)15-29-10-12-30(13-11-29)21-8-7-17(14-20(21)25)28-23(31)18-5-3-9-27-22(18)26/h1-9,14H,10-13,15H2,(H,28,31). The molecular weight excluding hydrogens is 455 g/mol. The number of amides is 1. The van der Waals surface area contributed by atoms with E-state index in [4.69, 9.17) is 34.8 Å². The molecule has 8 heteroatoms. The van der Waals surface area contributed by atoms with E-state index in [-0.39, 0.29) is 11.1 Å². The summed E-state index contributed by atoms with van der Waals surface area (Å²) in [5.74, 6) is -0.324. The maximum Gasteiger partial charge on any atom is 0.258 e. The number of rotatable bonds is 5. The zero-order chi connectivity index (χ0) is 21.8. The van der Waals surface area contributed by atoms with Crippen molar-refractivity contribution in [3.8, 4) is 0 Å². The third kappa shape index (κ3) is 5.31. The molecule has 0 spiro atoms. The molecule has 1 aliphatic heterocycles. The van der Waals surface area contributed by atoms with Crippen LogP contribution in [0.3, 0.4) is 0 Å². The normalized spacial score (nSPS) is 14.5. The first-order valence-corrected chi connectivity index (χ1v) is 11.1. The van der Waals surface area contributed by atoms with Crippen LogP contribution in [0.5, 0.6) is 0 Å². The lowest BCUT2D eigenvalue weighted by atomic mass is 10.2. The van der Waals surface area contributed by atoms with Crippen molar-refractivity contribution >= 4 is 52.1 Å². The second kappa shape index (κ2) is 9.88. The van der Waals surface area contributed by atoms with Gasteiger partial charge >= 0.3 is 0 Å². The van der Waals surface area contributed by atoms with E-state index in [1.165, 1.54) is 0 Å². The van der Waals surface area contributed by atoms with E-state index in [0.717, 1.165) is 49.0 Å². The molecule has 1 fully saturated rings. The zero-order valence-corrected chi connectivity index (χ0v) is 19.0. The lowest BCUT2D eigenvalue weighted by molar-refractivity contribution is 0.102. The van der Waals surface area contributed by atoms with Crippen LogP contribution < -0.4 is 10.2 Å². The number of benzene rings is 2. The van der Waals surface area contributed by atoms with Gasteiger partial charge in [0.05, 0.1) is 16.3 Å². The van der Waals surface area contributed by atoms with Gasteiger partial charge in [0.25, 0.3) is 5.91 Å². The van der Waals surface area contributed by atoms with Gasteiger partial charge < -0.3 is 10.2 Å². The van der Waals surface area contributed by atoms with Gasteiger partial charge in [-0.1, -0.05) is 53.0 Å². The molecule has 0 atom stereocenters. The Labute approximate surface area is 196 Å². The van der Waals surface area contributed by atoms with Crippen molar-refractivity contribution in [3.63, 3.8) is 0 Å². The minimum absolute atomic E-state index is 0.164. The van der Waals surface area contributed by atoms with Crippen molar-refractivity contribution in [2.24, 2.45) is 0 Å². The van der Waals surface area contributed by atoms with Crippen molar-refractivity contribution in [2.45, 2.75) is 6.54 Å². The highest BCUT2D eigenvalue weighted by atomic mass is 35.5. The fourth-order valence-corrected chi connectivity index (χ4v) is 4.31. The Morgan fingerprint density at radius 3 is 2.42 bits per heavy atom. The van der Waals surface area contributed by atoms with Gasteiger partial charge in [0.15, 0.2) is 0 Å². The molecule has 0 saturated carbocycles. The summed E-state index contributed by atoms with van der Waals surface area (Å²) in [6.45, 7) is 4.39. The first-order valence-electron chi connectivity index (χ1n) is 9.93. The van der Waals surface area contributed by atoms with Crippen LogP contribution in [0, 0.1) is 0 Å². The van der Waals surface area contributed by atoms with Crippen molar-refractivity contribution in [1.82, 2.24) is 9.88 Å². The number of nitrogens with one attached hydrogen (secondary N) is 1. The zero-order valence-electron chi connectivity index (χ0n) is 16.7. The van der Waals surface area contributed by atoms with E-state index in [9.17, 15) is 4.79 Å².